The van der Waals surface area contributed by atoms with Gasteiger partial charge in [-0.1, -0.05) is 19.1 Å². The van der Waals surface area contributed by atoms with Crippen molar-refractivity contribution < 1.29 is 0 Å². The van der Waals surface area contributed by atoms with Crippen molar-refractivity contribution in [2.45, 2.75) is 58.8 Å². The number of nitrogens with zero attached hydrogens (tertiary/aromatic N) is 4. The molecule has 1 N–H and O–H groups in total. The highest BCUT2D eigenvalue weighted by molar-refractivity contribution is 4.92. The molecule has 2 rings (SSSR count). The summed E-state index contributed by atoms with van der Waals surface area (Å²) >= 11 is 0. The molecule has 0 aliphatic heterocycles. The minimum Gasteiger partial charge on any atom is -0.309 e. The number of nitrogens with one attached hydrogen (secondary N) is 1. The van der Waals surface area contributed by atoms with Crippen LogP contribution >= 0.6 is 0 Å². The summed E-state index contributed by atoms with van der Waals surface area (Å²) in [7, 11) is 2.21. The maximum absolute atomic E-state index is 4.19. The van der Waals surface area contributed by atoms with Gasteiger partial charge in [-0.25, -0.2) is 0 Å². The summed E-state index contributed by atoms with van der Waals surface area (Å²) in [5, 5.41) is 11.7. The molecule has 5 heteroatoms. The summed E-state index contributed by atoms with van der Waals surface area (Å²) in [6.45, 7) is 9.36. The Hall–Kier alpha value is -0.940. The van der Waals surface area contributed by atoms with Gasteiger partial charge in [0.2, 0.25) is 0 Å². The summed E-state index contributed by atoms with van der Waals surface area (Å²) in [4.78, 5) is 2.44. The molecule has 1 fully saturated rings. The maximum Gasteiger partial charge on any atom is 0.0964 e. The lowest BCUT2D eigenvalue weighted by Crippen LogP contribution is -2.33. The molecule has 1 atom stereocenters. The highest BCUT2D eigenvalue weighted by Gasteiger charge is 2.30. The second kappa shape index (κ2) is 6.48. The fourth-order valence-corrected chi connectivity index (χ4v) is 2.24. The monoisotopic (exact) mass is 265 g/mol. The van der Waals surface area contributed by atoms with Gasteiger partial charge in [-0.3, -0.25) is 4.68 Å². The number of rotatable bonds is 8. The molecule has 0 amide bonds. The van der Waals surface area contributed by atoms with Gasteiger partial charge in [-0.15, -0.1) is 5.10 Å². The number of hydrogen-bond acceptors (Lipinski definition) is 4. The van der Waals surface area contributed by atoms with Crippen molar-refractivity contribution in [1.29, 1.82) is 0 Å². The average Bonchev–Trinajstić information content (AvgIpc) is 3.12. The van der Waals surface area contributed by atoms with E-state index in [-0.39, 0.29) is 0 Å². The largest absolute Gasteiger partial charge is 0.309 e. The second-order valence-corrected chi connectivity index (χ2v) is 6.07. The predicted octanol–water partition coefficient (Wildman–Crippen LogP) is 1.51. The Labute approximate surface area is 116 Å². The summed E-state index contributed by atoms with van der Waals surface area (Å²) in [6.07, 6.45) is 4.85. The third-order valence-corrected chi connectivity index (χ3v) is 3.96. The van der Waals surface area contributed by atoms with Crippen LogP contribution in [0.2, 0.25) is 0 Å². The Morgan fingerprint density at radius 2 is 2.16 bits per heavy atom. The quantitative estimate of drug-likeness (QED) is 0.774. The Bertz CT molecular complexity index is 383. The van der Waals surface area contributed by atoms with Crippen LogP contribution in [0.1, 0.15) is 39.3 Å². The molecule has 0 radical (unpaired) electrons. The molecule has 1 aromatic rings. The van der Waals surface area contributed by atoms with Crippen LogP contribution in [-0.2, 0) is 13.1 Å². The van der Waals surface area contributed by atoms with Crippen LogP contribution in [0.15, 0.2) is 6.20 Å². The highest BCUT2D eigenvalue weighted by Crippen LogP contribution is 2.34. The van der Waals surface area contributed by atoms with Gasteiger partial charge in [0.15, 0.2) is 0 Å². The first kappa shape index (κ1) is 14.5. The second-order valence-electron chi connectivity index (χ2n) is 6.07. The smallest absolute Gasteiger partial charge is 0.0964 e. The van der Waals surface area contributed by atoms with Crippen LogP contribution in [0.3, 0.4) is 0 Å². The van der Waals surface area contributed by atoms with Gasteiger partial charge >= 0.3 is 0 Å². The van der Waals surface area contributed by atoms with Crippen molar-refractivity contribution in [1.82, 2.24) is 25.2 Å². The normalized spacial score (nSPS) is 17.4. The first-order chi connectivity index (χ1) is 9.06. The zero-order valence-corrected chi connectivity index (χ0v) is 12.6. The standard InChI is InChI=1S/C14H27N5/c1-11(2)15-9-14-10-19(17-16-14)8-7-18(4)12(3)13-5-6-13/h10-13,15H,5-9H2,1-4H3. The van der Waals surface area contributed by atoms with Crippen LogP contribution in [0.25, 0.3) is 0 Å². The molecule has 1 aromatic heterocycles. The highest BCUT2D eigenvalue weighted by atomic mass is 15.4. The molecule has 5 nitrogen and oxygen atoms in total. The van der Waals surface area contributed by atoms with Crippen molar-refractivity contribution in [2.75, 3.05) is 13.6 Å². The summed E-state index contributed by atoms with van der Waals surface area (Å²) in [5.41, 5.74) is 1.02. The number of aromatic nitrogens is 3. The summed E-state index contributed by atoms with van der Waals surface area (Å²) in [6, 6.07) is 1.18. The molecule has 1 saturated carbocycles. The van der Waals surface area contributed by atoms with Crippen molar-refractivity contribution in [3.63, 3.8) is 0 Å². The predicted molar refractivity (Wildman–Crippen MR) is 76.8 cm³/mol. The lowest BCUT2D eigenvalue weighted by atomic mass is 10.2. The molecule has 108 valence electrons. The first-order valence-corrected chi connectivity index (χ1v) is 7.39. The SMILES string of the molecule is CC(C)NCc1cn(CCN(C)C(C)C2CC2)nn1. The molecule has 0 spiro atoms. The van der Waals surface area contributed by atoms with Gasteiger partial charge in [-0.2, -0.15) is 0 Å². The van der Waals surface area contributed by atoms with Gasteiger partial charge in [0, 0.05) is 31.4 Å². The van der Waals surface area contributed by atoms with Crippen LogP contribution in [0.4, 0.5) is 0 Å². The molecular formula is C14H27N5. The summed E-state index contributed by atoms with van der Waals surface area (Å²) < 4.78 is 1.95. The maximum atomic E-state index is 4.19. The minimum absolute atomic E-state index is 0.482. The van der Waals surface area contributed by atoms with Crippen molar-refractivity contribution in [3.05, 3.63) is 11.9 Å². The first-order valence-electron chi connectivity index (χ1n) is 7.39. The van der Waals surface area contributed by atoms with E-state index in [1.54, 1.807) is 0 Å². The molecule has 1 unspecified atom stereocenters. The molecule has 0 aromatic carbocycles. The molecule has 1 aliphatic rings. The topological polar surface area (TPSA) is 46.0 Å². The average molecular weight is 265 g/mol. The van der Waals surface area contributed by atoms with Crippen LogP contribution < -0.4 is 5.32 Å². The van der Waals surface area contributed by atoms with E-state index in [0.29, 0.717) is 12.1 Å². The van der Waals surface area contributed by atoms with Crippen molar-refractivity contribution >= 4 is 0 Å². The molecule has 19 heavy (non-hydrogen) atoms. The molecular weight excluding hydrogens is 238 g/mol. The van der Waals surface area contributed by atoms with E-state index in [1.165, 1.54) is 12.8 Å². The molecule has 1 aliphatic carbocycles. The third-order valence-electron chi connectivity index (χ3n) is 3.96. The fourth-order valence-electron chi connectivity index (χ4n) is 2.24. The lowest BCUT2D eigenvalue weighted by molar-refractivity contribution is 0.222. The van der Waals surface area contributed by atoms with Crippen molar-refractivity contribution in [2.24, 2.45) is 5.92 Å². The van der Waals surface area contributed by atoms with E-state index in [1.807, 2.05) is 10.9 Å². The van der Waals surface area contributed by atoms with Crippen LogP contribution in [0.5, 0.6) is 0 Å². The van der Waals surface area contributed by atoms with Gasteiger partial charge in [0.1, 0.15) is 0 Å². The van der Waals surface area contributed by atoms with E-state index < -0.39 is 0 Å². The van der Waals surface area contributed by atoms with E-state index in [4.69, 9.17) is 0 Å². The van der Waals surface area contributed by atoms with E-state index >= 15 is 0 Å². The summed E-state index contributed by atoms with van der Waals surface area (Å²) in [5.74, 6) is 0.923. The Morgan fingerprint density at radius 3 is 2.79 bits per heavy atom. The Balaban J connectivity index is 1.73. The van der Waals surface area contributed by atoms with Crippen molar-refractivity contribution in [3.8, 4) is 0 Å². The Morgan fingerprint density at radius 1 is 1.42 bits per heavy atom. The van der Waals surface area contributed by atoms with Gasteiger partial charge in [0.05, 0.1) is 12.2 Å². The lowest BCUT2D eigenvalue weighted by Gasteiger charge is -2.24. The zero-order chi connectivity index (χ0) is 13.8. The van der Waals surface area contributed by atoms with Gasteiger partial charge in [-0.05, 0) is 32.7 Å². The van der Waals surface area contributed by atoms with Crippen LogP contribution in [0, 0.1) is 5.92 Å². The van der Waals surface area contributed by atoms with E-state index in [2.05, 4.69) is 48.3 Å². The van der Waals surface area contributed by atoms with Gasteiger partial charge < -0.3 is 10.2 Å². The molecule has 1 heterocycles. The third kappa shape index (κ3) is 4.58. The fraction of sp³-hybridized carbons (Fsp3) is 0.857. The zero-order valence-electron chi connectivity index (χ0n) is 12.6. The molecule has 0 bridgehead atoms. The number of likely N-dealkylation sites (N-methyl/N-ethyl adjacent to an activating group) is 1. The molecule has 0 saturated heterocycles. The number of hydrogen-bond donors (Lipinski definition) is 1. The van der Waals surface area contributed by atoms with Gasteiger partial charge in [0.25, 0.3) is 0 Å². The minimum atomic E-state index is 0.482. The Kier molecular flexibility index (Phi) is 4.93. The van der Waals surface area contributed by atoms with Crippen LogP contribution in [-0.4, -0.2) is 45.6 Å². The van der Waals surface area contributed by atoms with E-state index in [0.717, 1.165) is 31.2 Å². The van der Waals surface area contributed by atoms with E-state index in [9.17, 15) is 0 Å².